The van der Waals surface area contributed by atoms with E-state index in [0.29, 0.717) is 26.5 Å². The van der Waals surface area contributed by atoms with Crippen molar-refractivity contribution in [2.75, 3.05) is 19.0 Å². The van der Waals surface area contributed by atoms with E-state index < -0.39 is 11.9 Å². The molecule has 0 saturated carbocycles. The number of aryl methyl sites for hydroxylation is 1. The number of hydrogen-bond acceptors (Lipinski definition) is 9. The van der Waals surface area contributed by atoms with Crippen molar-refractivity contribution in [1.82, 2.24) is 14.5 Å². The van der Waals surface area contributed by atoms with Gasteiger partial charge in [0.05, 0.1) is 24.5 Å². The molecule has 1 amide bonds. The number of hydrogen-bond donors (Lipinski definition) is 1. The van der Waals surface area contributed by atoms with E-state index in [1.54, 1.807) is 14.0 Å². The summed E-state index contributed by atoms with van der Waals surface area (Å²) >= 11 is 2.37. The van der Waals surface area contributed by atoms with Gasteiger partial charge in [0, 0.05) is 10.9 Å². The van der Waals surface area contributed by atoms with Gasteiger partial charge in [0.1, 0.15) is 28.6 Å². The molecule has 0 fully saturated rings. The fourth-order valence-corrected chi connectivity index (χ4v) is 5.00. The molecule has 9 nitrogen and oxygen atoms in total. The number of nitrogens with zero attached hydrogens (tertiary/aromatic N) is 3. The largest absolute Gasteiger partial charge is 0.497 e. The summed E-state index contributed by atoms with van der Waals surface area (Å²) in [5.41, 5.74) is 1.71. The number of aromatic nitrogens is 3. The Morgan fingerprint density at radius 1 is 1.26 bits per heavy atom. The fraction of sp³-hybridized carbons (Fsp3) is 0.174. The highest BCUT2D eigenvalue weighted by molar-refractivity contribution is 7.17. The lowest BCUT2D eigenvalue weighted by Crippen LogP contribution is -2.27. The minimum Gasteiger partial charge on any atom is -0.497 e. The average Bonchev–Trinajstić information content (AvgIpc) is 3.43. The van der Waals surface area contributed by atoms with Crippen molar-refractivity contribution in [1.29, 1.82) is 0 Å². The predicted molar refractivity (Wildman–Crippen MR) is 132 cm³/mol. The second kappa shape index (κ2) is 9.98. The SMILES string of the molecule is C=CCOC(=O)c1sc(NC(=O)Cn2cnc3scc(-c4ccc(OC)cc4)c3c2=O)nc1C. The molecule has 0 aliphatic carbocycles. The molecule has 174 valence electrons. The molecule has 0 saturated heterocycles. The van der Waals surface area contributed by atoms with E-state index in [0.717, 1.165) is 22.5 Å². The Hall–Kier alpha value is -3.83. The molecule has 0 atom stereocenters. The molecule has 1 N–H and O–H groups in total. The highest BCUT2D eigenvalue weighted by Crippen LogP contribution is 2.31. The minimum atomic E-state index is -0.537. The Morgan fingerprint density at radius 2 is 2.03 bits per heavy atom. The van der Waals surface area contributed by atoms with Crippen LogP contribution >= 0.6 is 22.7 Å². The second-order valence-corrected chi connectivity index (χ2v) is 8.96. The van der Waals surface area contributed by atoms with Crippen LogP contribution in [0.25, 0.3) is 21.3 Å². The van der Waals surface area contributed by atoms with E-state index >= 15 is 0 Å². The van der Waals surface area contributed by atoms with Crippen molar-refractivity contribution >= 4 is 49.9 Å². The molecule has 0 unspecified atom stereocenters. The van der Waals surface area contributed by atoms with Gasteiger partial charge in [-0.1, -0.05) is 36.1 Å². The maximum absolute atomic E-state index is 13.2. The van der Waals surface area contributed by atoms with Crippen LogP contribution in [-0.4, -0.2) is 40.1 Å². The van der Waals surface area contributed by atoms with Crippen LogP contribution in [-0.2, 0) is 16.1 Å². The van der Waals surface area contributed by atoms with Gasteiger partial charge in [-0.05, 0) is 24.6 Å². The second-order valence-electron chi connectivity index (χ2n) is 7.10. The first-order chi connectivity index (χ1) is 16.4. The lowest BCUT2D eigenvalue weighted by atomic mass is 10.1. The summed E-state index contributed by atoms with van der Waals surface area (Å²) in [4.78, 5) is 47.3. The molecule has 4 aromatic rings. The number of carbonyl (C=O) groups is 2. The molecule has 4 rings (SSSR count). The molecule has 3 aromatic heterocycles. The third-order valence-electron chi connectivity index (χ3n) is 4.84. The minimum absolute atomic E-state index is 0.0807. The topological polar surface area (TPSA) is 112 Å². The van der Waals surface area contributed by atoms with Gasteiger partial charge in [-0.15, -0.1) is 11.3 Å². The van der Waals surface area contributed by atoms with Crippen molar-refractivity contribution in [2.45, 2.75) is 13.5 Å². The van der Waals surface area contributed by atoms with Crippen LogP contribution in [0, 0.1) is 6.92 Å². The normalized spacial score (nSPS) is 10.8. The van der Waals surface area contributed by atoms with Gasteiger partial charge < -0.3 is 14.8 Å². The number of esters is 1. The summed E-state index contributed by atoms with van der Waals surface area (Å²) in [6, 6.07) is 7.37. The molecule has 11 heteroatoms. The van der Waals surface area contributed by atoms with Gasteiger partial charge in [0.2, 0.25) is 5.91 Å². The molecule has 0 spiro atoms. The molecule has 34 heavy (non-hydrogen) atoms. The summed E-state index contributed by atoms with van der Waals surface area (Å²) < 4.78 is 11.5. The number of amides is 1. The van der Waals surface area contributed by atoms with Crippen molar-refractivity contribution in [3.05, 3.63) is 69.6 Å². The van der Waals surface area contributed by atoms with Gasteiger partial charge in [-0.2, -0.15) is 0 Å². The predicted octanol–water partition coefficient (Wildman–Crippen LogP) is 3.88. The number of benzene rings is 1. The fourth-order valence-electron chi connectivity index (χ4n) is 3.22. The molecule has 0 aliphatic heterocycles. The third-order valence-corrected chi connectivity index (χ3v) is 6.78. The van der Waals surface area contributed by atoms with Crippen molar-refractivity contribution < 1.29 is 19.1 Å². The van der Waals surface area contributed by atoms with E-state index in [1.165, 1.54) is 28.3 Å². The van der Waals surface area contributed by atoms with Crippen LogP contribution in [0.2, 0.25) is 0 Å². The Balaban J connectivity index is 1.55. The van der Waals surface area contributed by atoms with Gasteiger partial charge >= 0.3 is 5.97 Å². The zero-order valence-corrected chi connectivity index (χ0v) is 20.0. The van der Waals surface area contributed by atoms with E-state index in [4.69, 9.17) is 9.47 Å². The summed E-state index contributed by atoms with van der Waals surface area (Å²) in [6.45, 7) is 4.98. The Bertz CT molecular complexity index is 1440. The quantitative estimate of drug-likeness (QED) is 0.291. The molecular weight excluding hydrogens is 476 g/mol. The Kier molecular flexibility index (Phi) is 6.85. The van der Waals surface area contributed by atoms with Crippen molar-refractivity contribution in [2.24, 2.45) is 0 Å². The van der Waals surface area contributed by atoms with Crippen molar-refractivity contribution in [3.8, 4) is 16.9 Å². The average molecular weight is 497 g/mol. The first-order valence-electron chi connectivity index (χ1n) is 10.1. The van der Waals surface area contributed by atoms with Crippen LogP contribution in [0.15, 0.2) is 53.4 Å². The summed E-state index contributed by atoms with van der Waals surface area (Å²) in [5, 5.41) is 5.19. The maximum atomic E-state index is 13.2. The number of thiazole rings is 1. The molecular formula is C23H20N4O5S2. The van der Waals surface area contributed by atoms with Gasteiger partial charge in [-0.3, -0.25) is 14.2 Å². The van der Waals surface area contributed by atoms with Crippen LogP contribution in [0.4, 0.5) is 5.13 Å². The van der Waals surface area contributed by atoms with Crippen LogP contribution in [0.3, 0.4) is 0 Å². The lowest BCUT2D eigenvalue weighted by molar-refractivity contribution is -0.116. The molecule has 0 radical (unpaired) electrons. The zero-order valence-electron chi connectivity index (χ0n) is 18.4. The standard InChI is InChI=1S/C23H20N4O5S2/c1-4-9-32-22(30)19-13(2)25-23(34-19)26-17(28)10-27-12-24-20-18(21(27)29)16(11-33-20)14-5-7-15(31-3)8-6-14/h4-8,11-12H,1,9-10H2,2-3H3,(H,25,26,28). The molecule has 3 heterocycles. The number of ether oxygens (including phenoxy) is 2. The van der Waals surface area contributed by atoms with Gasteiger partial charge in [0.25, 0.3) is 5.56 Å². The number of rotatable bonds is 8. The molecule has 0 bridgehead atoms. The van der Waals surface area contributed by atoms with Crippen LogP contribution in [0.1, 0.15) is 15.4 Å². The van der Waals surface area contributed by atoms with E-state index in [9.17, 15) is 14.4 Å². The highest BCUT2D eigenvalue weighted by atomic mass is 32.1. The number of anilines is 1. The van der Waals surface area contributed by atoms with Gasteiger partial charge in [-0.25, -0.2) is 14.8 Å². The first kappa shape index (κ1) is 23.3. The van der Waals surface area contributed by atoms with Crippen molar-refractivity contribution in [3.63, 3.8) is 0 Å². The molecule has 1 aromatic carbocycles. The number of methoxy groups -OCH3 is 1. The first-order valence-corrected chi connectivity index (χ1v) is 11.8. The smallest absolute Gasteiger partial charge is 0.350 e. The van der Waals surface area contributed by atoms with Crippen LogP contribution in [0.5, 0.6) is 5.75 Å². The monoisotopic (exact) mass is 496 g/mol. The summed E-state index contributed by atoms with van der Waals surface area (Å²) in [7, 11) is 1.59. The number of carbonyl (C=O) groups excluding carboxylic acids is 2. The Morgan fingerprint density at radius 3 is 2.74 bits per heavy atom. The zero-order chi connectivity index (χ0) is 24.2. The van der Waals surface area contributed by atoms with E-state index in [2.05, 4.69) is 21.9 Å². The van der Waals surface area contributed by atoms with E-state index in [1.807, 2.05) is 29.6 Å². The molecule has 0 aliphatic rings. The number of thiophene rings is 1. The third kappa shape index (κ3) is 4.75. The highest BCUT2D eigenvalue weighted by Gasteiger charge is 2.19. The summed E-state index contributed by atoms with van der Waals surface area (Å²) in [5.74, 6) is -0.293. The van der Waals surface area contributed by atoms with Gasteiger partial charge in [0.15, 0.2) is 5.13 Å². The number of fused-ring (bicyclic) bond motifs is 1. The van der Waals surface area contributed by atoms with Crippen LogP contribution < -0.4 is 15.6 Å². The number of nitrogens with one attached hydrogen (secondary N) is 1. The summed E-state index contributed by atoms with van der Waals surface area (Å²) in [6.07, 6.45) is 2.82. The lowest BCUT2D eigenvalue weighted by Gasteiger charge is -2.06. The van der Waals surface area contributed by atoms with E-state index in [-0.39, 0.29) is 23.8 Å². The Labute approximate surface area is 202 Å². The maximum Gasteiger partial charge on any atom is 0.350 e.